The molecule has 7 nitrogen and oxygen atoms in total. The summed E-state index contributed by atoms with van der Waals surface area (Å²) in [4.78, 5) is 25.1. The van der Waals surface area contributed by atoms with E-state index in [4.69, 9.17) is 10.8 Å². The molecule has 28 heavy (non-hydrogen) atoms. The van der Waals surface area contributed by atoms with Gasteiger partial charge in [-0.1, -0.05) is 0 Å². The molecule has 0 radical (unpaired) electrons. The molecule has 0 aliphatic carbocycles. The van der Waals surface area contributed by atoms with Crippen LogP contribution in [0, 0.1) is 11.6 Å². The SMILES string of the molecule is CCn1cc(OC(=O)O)c(=O)c2cc(F)c(N3C4CCC3CC(N)C4)c(F)c21. The molecular formula is C19H21F2N3O4. The number of aromatic nitrogens is 1. The molecule has 2 atom stereocenters. The maximum Gasteiger partial charge on any atom is 0.511 e. The van der Waals surface area contributed by atoms with E-state index in [9.17, 15) is 9.59 Å². The standard InChI is InChI=1S/C19H21F2N3O4/c1-2-23-8-14(28-19(26)27)18(25)12-7-13(20)17(15(21)16(12)23)24-10-3-4-11(24)6-9(22)5-10/h7-11H,2-6,22H2,1H3,(H,26,27). The average molecular weight is 393 g/mol. The predicted molar refractivity (Wildman–Crippen MR) is 98.9 cm³/mol. The minimum atomic E-state index is -1.67. The number of nitrogens with zero attached hydrogens (tertiary/aromatic N) is 2. The number of carboxylic acid groups (broad SMARTS) is 1. The first-order valence-corrected chi connectivity index (χ1v) is 9.31. The van der Waals surface area contributed by atoms with Crippen molar-refractivity contribution in [3.63, 3.8) is 0 Å². The molecule has 2 bridgehead atoms. The normalized spacial score (nSPS) is 24.0. The van der Waals surface area contributed by atoms with Crippen LogP contribution in [0.5, 0.6) is 5.75 Å². The lowest BCUT2D eigenvalue weighted by Crippen LogP contribution is -2.48. The third-order valence-electron chi connectivity index (χ3n) is 5.76. The summed E-state index contributed by atoms with van der Waals surface area (Å²) < 4.78 is 36.5. The number of piperidine rings is 1. The van der Waals surface area contributed by atoms with Gasteiger partial charge >= 0.3 is 6.16 Å². The van der Waals surface area contributed by atoms with Crippen LogP contribution in [0.25, 0.3) is 10.9 Å². The number of ether oxygens (including phenoxy) is 1. The molecular weight excluding hydrogens is 372 g/mol. The summed E-state index contributed by atoms with van der Waals surface area (Å²) in [5, 5.41) is 8.55. The molecule has 2 unspecified atom stereocenters. The zero-order valence-corrected chi connectivity index (χ0v) is 15.3. The lowest BCUT2D eigenvalue weighted by molar-refractivity contribution is 0.144. The number of benzene rings is 1. The molecule has 150 valence electrons. The number of nitrogens with two attached hydrogens (primary N) is 1. The van der Waals surface area contributed by atoms with Crippen molar-refractivity contribution >= 4 is 22.7 Å². The number of anilines is 1. The monoisotopic (exact) mass is 393 g/mol. The lowest BCUT2D eigenvalue weighted by atomic mass is 9.97. The molecule has 9 heteroatoms. The van der Waals surface area contributed by atoms with Gasteiger partial charge in [-0.25, -0.2) is 13.6 Å². The van der Waals surface area contributed by atoms with Crippen molar-refractivity contribution in [1.29, 1.82) is 0 Å². The molecule has 0 amide bonds. The highest BCUT2D eigenvalue weighted by molar-refractivity contribution is 5.86. The second-order valence-electron chi connectivity index (χ2n) is 7.42. The van der Waals surface area contributed by atoms with Gasteiger partial charge in [0.1, 0.15) is 11.5 Å². The van der Waals surface area contributed by atoms with Crippen molar-refractivity contribution in [2.24, 2.45) is 5.73 Å². The van der Waals surface area contributed by atoms with Gasteiger partial charge in [0.05, 0.1) is 17.1 Å². The van der Waals surface area contributed by atoms with Crippen LogP contribution in [0.2, 0.25) is 0 Å². The Bertz CT molecular complexity index is 1010. The summed E-state index contributed by atoms with van der Waals surface area (Å²) in [5.74, 6) is -2.15. The quantitative estimate of drug-likeness (QED) is 0.779. The molecule has 0 saturated carbocycles. The summed E-state index contributed by atoms with van der Waals surface area (Å²) in [6.07, 6.45) is 2.45. The van der Waals surface area contributed by atoms with E-state index in [2.05, 4.69) is 4.74 Å². The summed E-state index contributed by atoms with van der Waals surface area (Å²) in [6.45, 7) is 1.95. The van der Waals surface area contributed by atoms with Gasteiger partial charge < -0.3 is 25.0 Å². The third kappa shape index (κ3) is 2.81. The van der Waals surface area contributed by atoms with Crippen LogP contribution in [-0.2, 0) is 6.54 Å². The fourth-order valence-corrected chi connectivity index (χ4v) is 4.69. The van der Waals surface area contributed by atoms with E-state index in [1.807, 2.05) is 0 Å². The Morgan fingerprint density at radius 1 is 1.32 bits per heavy atom. The molecule has 1 aromatic carbocycles. The van der Waals surface area contributed by atoms with Gasteiger partial charge in [-0.3, -0.25) is 4.79 Å². The second kappa shape index (κ2) is 6.73. The zero-order chi connectivity index (χ0) is 20.2. The van der Waals surface area contributed by atoms with E-state index in [0.29, 0.717) is 12.8 Å². The number of rotatable bonds is 3. The number of fused-ring (bicyclic) bond motifs is 3. The van der Waals surface area contributed by atoms with Crippen LogP contribution in [0.3, 0.4) is 0 Å². The average Bonchev–Trinajstić information content (AvgIpc) is 2.88. The van der Waals surface area contributed by atoms with E-state index < -0.39 is 29.0 Å². The summed E-state index contributed by atoms with van der Waals surface area (Å²) in [6, 6.07) is 0.924. The molecule has 2 saturated heterocycles. The Labute approximate surface area is 159 Å². The van der Waals surface area contributed by atoms with Crippen LogP contribution in [0.1, 0.15) is 32.6 Å². The van der Waals surface area contributed by atoms with E-state index >= 15 is 8.78 Å². The Kier molecular flexibility index (Phi) is 4.49. The lowest BCUT2D eigenvalue weighted by Gasteiger charge is -2.39. The molecule has 4 rings (SSSR count). The molecule has 2 aromatic rings. The molecule has 0 spiro atoms. The van der Waals surface area contributed by atoms with Crippen molar-refractivity contribution in [2.75, 3.05) is 4.90 Å². The number of hydrogen-bond acceptors (Lipinski definition) is 5. The number of aryl methyl sites for hydroxylation is 1. The topological polar surface area (TPSA) is 97.8 Å². The van der Waals surface area contributed by atoms with Crippen molar-refractivity contribution in [3.05, 3.63) is 34.1 Å². The predicted octanol–water partition coefficient (Wildman–Crippen LogP) is 2.81. The van der Waals surface area contributed by atoms with Crippen LogP contribution in [0.15, 0.2) is 17.1 Å². The van der Waals surface area contributed by atoms with Gasteiger partial charge in [-0.05, 0) is 38.7 Å². The smallest absolute Gasteiger partial charge is 0.449 e. The highest BCUT2D eigenvalue weighted by atomic mass is 19.1. The van der Waals surface area contributed by atoms with E-state index in [0.717, 1.165) is 25.1 Å². The minimum Gasteiger partial charge on any atom is -0.449 e. The molecule has 3 heterocycles. The zero-order valence-electron chi connectivity index (χ0n) is 15.3. The number of hydrogen-bond donors (Lipinski definition) is 2. The number of carbonyl (C=O) groups is 1. The van der Waals surface area contributed by atoms with Crippen LogP contribution < -0.4 is 20.8 Å². The molecule has 1 aromatic heterocycles. The van der Waals surface area contributed by atoms with Crippen LogP contribution in [-0.4, -0.2) is 34.0 Å². The maximum absolute atomic E-state index is 15.6. The van der Waals surface area contributed by atoms with Gasteiger partial charge in [0.15, 0.2) is 11.6 Å². The first-order chi connectivity index (χ1) is 13.3. The second-order valence-corrected chi connectivity index (χ2v) is 7.42. The third-order valence-corrected chi connectivity index (χ3v) is 5.76. The summed E-state index contributed by atoms with van der Waals surface area (Å²) in [7, 11) is 0. The first-order valence-electron chi connectivity index (χ1n) is 9.31. The Morgan fingerprint density at radius 2 is 1.96 bits per heavy atom. The van der Waals surface area contributed by atoms with E-state index in [1.165, 1.54) is 4.57 Å². The summed E-state index contributed by atoms with van der Waals surface area (Å²) in [5.41, 5.74) is 5.00. The molecule has 3 N–H and O–H groups in total. The van der Waals surface area contributed by atoms with Gasteiger partial charge in [-0.15, -0.1) is 0 Å². The Balaban J connectivity index is 1.94. The fraction of sp³-hybridized carbons (Fsp3) is 0.474. The minimum absolute atomic E-state index is 0.0184. The van der Waals surface area contributed by atoms with E-state index in [-0.39, 0.29) is 41.3 Å². The number of pyridine rings is 1. The number of halogens is 2. The highest BCUT2D eigenvalue weighted by Crippen LogP contribution is 2.42. The largest absolute Gasteiger partial charge is 0.511 e. The van der Waals surface area contributed by atoms with Crippen molar-refractivity contribution in [3.8, 4) is 5.75 Å². The van der Waals surface area contributed by atoms with Crippen LogP contribution in [0.4, 0.5) is 19.3 Å². The summed E-state index contributed by atoms with van der Waals surface area (Å²) >= 11 is 0. The molecule has 2 aliphatic rings. The molecule has 2 fully saturated rings. The van der Waals surface area contributed by atoms with Gasteiger partial charge in [0, 0.05) is 24.7 Å². The van der Waals surface area contributed by atoms with Gasteiger partial charge in [-0.2, -0.15) is 0 Å². The van der Waals surface area contributed by atoms with E-state index in [1.54, 1.807) is 11.8 Å². The van der Waals surface area contributed by atoms with Crippen molar-refractivity contribution in [1.82, 2.24) is 4.57 Å². The Hall–Kier alpha value is -2.68. The Morgan fingerprint density at radius 3 is 2.54 bits per heavy atom. The van der Waals surface area contributed by atoms with Crippen molar-refractivity contribution < 1.29 is 23.4 Å². The van der Waals surface area contributed by atoms with Crippen molar-refractivity contribution in [2.45, 2.75) is 57.3 Å². The highest BCUT2D eigenvalue weighted by Gasteiger charge is 2.42. The molecule has 2 aliphatic heterocycles. The van der Waals surface area contributed by atoms with Gasteiger partial charge in [0.25, 0.3) is 0 Å². The van der Waals surface area contributed by atoms with Gasteiger partial charge in [0.2, 0.25) is 5.43 Å². The first kappa shape index (κ1) is 18.7. The van der Waals surface area contributed by atoms with Crippen LogP contribution >= 0.6 is 0 Å². The maximum atomic E-state index is 15.6. The fourth-order valence-electron chi connectivity index (χ4n) is 4.69.